The summed E-state index contributed by atoms with van der Waals surface area (Å²) in [5, 5.41) is 6.82. The molecular formula is C25H37N5O5S. The summed E-state index contributed by atoms with van der Waals surface area (Å²) in [6.07, 6.45) is 1.93. The van der Waals surface area contributed by atoms with E-state index in [0.29, 0.717) is 43.9 Å². The highest BCUT2D eigenvalue weighted by Crippen LogP contribution is 2.27. The topological polar surface area (TPSA) is 108 Å². The molecule has 0 spiro atoms. The van der Waals surface area contributed by atoms with E-state index in [4.69, 9.17) is 9.26 Å². The Hall–Kier alpha value is -2.63. The molecule has 198 valence electrons. The number of piperazine rings is 1. The van der Waals surface area contributed by atoms with Gasteiger partial charge >= 0.3 is 0 Å². The number of carbonyl (C=O) groups excluding carboxylic acids is 1. The van der Waals surface area contributed by atoms with E-state index in [2.05, 4.69) is 32.4 Å². The van der Waals surface area contributed by atoms with Gasteiger partial charge in [-0.1, -0.05) is 5.16 Å². The van der Waals surface area contributed by atoms with Crippen LogP contribution in [0.1, 0.15) is 30.7 Å². The van der Waals surface area contributed by atoms with Gasteiger partial charge < -0.3 is 19.5 Å². The van der Waals surface area contributed by atoms with Crippen molar-refractivity contribution >= 4 is 21.6 Å². The van der Waals surface area contributed by atoms with E-state index in [1.54, 1.807) is 21.0 Å². The second kappa shape index (κ2) is 11.6. The van der Waals surface area contributed by atoms with Gasteiger partial charge in [0, 0.05) is 57.4 Å². The fraction of sp³-hybridized carbons (Fsp3) is 0.600. The van der Waals surface area contributed by atoms with Crippen molar-refractivity contribution in [1.82, 2.24) is 19.7 Å². The number of amides is 1. The molecule has 4 rings (SSSR count). The number of aromatic nitrogens is 1. The SMILES string of the molecule is COc1ccc(N2CCN(CCCNC(=O)C3CCN(S(=O)(=O)c4c(C)noc4C)CC3)CC2)cc1. The molecule has 1 N–H and O–H groups in total. The largest absolute Gasteiger partial charge is 0.497 e. The number of rotatable bonds is 9. The average molecular weight is 520 g/mol. The zero-order valence-electron chi connectivity index (χ0n) is 21.4. The maximum Gasteiger partial charge on any atom is 0.248 e. The molecule has 2 aliphatic heterocycles. The van der Waals surface area contributed by atoms with E-state index >= 15 is 0 Å². The number of methoxy groups -OCH3 is 1. The fourth-order valence-corrected chi connectivity index (χ4v) is 6.77. The van der Waals surface area contributed by atoms with Crippen molar-refractivity contribution < 1.29 is 22.5 Å². The van der Waals surface area contributed by atoms with Crippen molar-refractivity contribution in [3.8, 4) is 5.75 Å². The van der Waals surface area contributed by atoms with Gasteiger partial charge in [0.25, 0.3) is 0 Å². The molecule has 3 heterocycles. The standard InChI is InChI=1S/C25H37N5O5S/c1-19-24(20(2)35-27-19)36(32,33)30-13-9-21(10-14-30)25(31)26-11-4-12-28-15-17-29(18-16-28)22-5-7-23(34-3)8-6-22/h5-8,21H,4,9-18H2,1-3H3,(H,26,31). The minimum Gasteiger partial charge on any atom is -0.497 e. The summed E-state index contributed by atoms with van der Waals surface area (Å²) >= 11 is 0. The minimum atomic E-state index is -3.66. The van der Waals surface area contributed by atoms with Crippen LogP contribution in [0.3, 0.4) is 0 Å². The van der Waals surface area contributed by atoms with E-state index in [-0.39, 0.29) is 16.7 Å². The number of sulfonamides is 1. The van der Waals surface area contributed by atoms with Crippen LogP contribution in [0.2, 0.25) is 0 Å². The Balaban J connectivity index is 1.14. The summed E-state index contributed by atoms with van der Waals surface area (Å²) in [4.78, 5) is 17.6. The number of ether oxygens (including phenoxy) is 1. The number of hydrogen-bond donors (Lipinski definition) is 1. The Morgan fingerprint density at radius 3 is 2.33 bits per heavy atom. The average Bonchev–Trinajstić information content (AvgIpc) is 3.25. The smallest absolute Gasteiger partial charge is 0.248 e. The Bertz CT molecular complexity index is 1100. The number of benzene rings is 1. The third kappa shape index (κ3) is 6.01. The lowest BCUT2D eigenvalue weighted by atomic mass is 9.97. The molecule has 0 saturated carbocycles. The maximum absolute atomic E-state index is 13.0. The zero-order chi connectivity index (χ0) is 25.7. The quantitative estimate of drug-likeness (QED) is 0.502. The number of hydrogen-bond acceptors (Lipinski definition) is 8. The minimum absolute atomic E-state index is 0.0220. The number of aryl methyl sites for hydroxylation is 2. The van der Waals surface area contributed by atoms with Gasteiger partial charge in [-0.25, -0.2) is 8.42 Å². The van der Waals surface area contributed by atoms with E-state index in [9.17, 15) is 13.2 Å². The molecule has 0 bridgehead atoms. The molecule has 1 amide bonds. The van der Waals surface area contributed by atoms with Crippen LogP contribution in [-0.4, -0.2) is 88.2 Å². The Morgan fingerprint density at radius 2 is 1.75 bits per heavy atom. The van der Waals surface area contributed by atoms with Crippen molar-refractivity contribution in [2.45, 2.75) is 38.0 Å². The van der Waals surface area contributed by atoms with Crippen molar-refractivity contribution in [2.75, 3.05) is 64.4 Å². The predicted octanol–water partition coefficient (Wildman–Crippen LogP) is 2.03. The Morgan fingerprint density at radius 1 is 1.08 bits per heavy atom. The van der Waals surface area contributed by atoms with Gasteiger partial charge in [0.1, 0.15) is 16.3 Å². The van der Waals surface area contributed by atoms with Crippen LogP contribution in [0.5, 0.6) is 5.75 Å². The molecule has 10 nitrogen and oxygen atoms in total. The Kier molecular flexibility index (Phi) is 8.53. The van der Waals surface area contributed by atoms with Crippen LogP contribution >= 0.6 is 0 Å². The second-order valence-electron chi connectivity index (χ2n) is 9.50. The number of anilines is 1. The molecule has 2 aliphatic rings. The lowest BCUT2D eigenvalue weighted by molar-refractivity contribution is -0.126. The first-order valence-corrected chi connectivity index (χ1v) is 14.1. The van der Waals surface area contributed by atoms with E-state index in [1.165, 1.54) is 9.99 Å². The van der Waals surface area contributed by atoms with E-state index in [0.717, 1.165) is 44.9 Å². The van der Waals surface area contributed by atoms with Gasteiger partial charge in [-0.05, 0) is 63.9 Å². The van der Waals surface area contributed by atoms with Crippen molar-refractivity contribution in [2.24, 2.45) is 5.92 Å². The van der Waals surface area contributed by atoms with Crippen LogP contribution in [0.15, 0.2) is 33.7 Å². The van der Waals surface area contributed by atoms with Crippen molar-refractivity contribution in [3.05, 3.63) is 35.7 Å². The fourth-order valence-electron chi connectivity index (χ4n) is 5.01. The van der Waals surface area contributed by atoms with Crippen LogP contribution in [0.4, 0.5) is 5.69 Å². The molecule has 0 atom stereocenters. The monoisotopic (exact) mass is 519 g/mol. The molecule has 2 saturated heterocycles. The van der Waals surface area contributed by atoms with Gasteiger partial charge in [-0.2, -0.15) is 4.31 Å². The number of nitrogens with zero attached hydrogens (tertiary/aromatic N) is 4. The summed E-state index contributed by atoms with van der Waals surface area (Å²) < 4.78 is 37.6. The van der Waals surface area contributed by atoms with Gasteiger partial charge in [0.05, 0.1) is 7.11 Å². The molecule has 2 fully saturated rings. The van der Waals surface area contributed by atoms with Crippen molar-refractivity contribution in [3.63, 3.8) is 0 Å². The van der Waals surface area contributed by atoms with Gasteiger partial charge in [0.15, 0.2) is 5.76 Å². The van der Waals surface area contributed by atoms with Crippen LogP contribution in [0, 0.1) is 19.8 Å². The summed E-state index contributed by atoms with van der Waals surface area (Å²) in [7, 11) is -1.98. The highest BCUT2D eigenvalue weighted by atomic mass is 32.2. The van der Waals surface area contributed by atoms with Crippen LogP contribution in [-0.2, 0) is 14.8 Å². The maximum atomic E-state index is 13.0. The lowest BCUT2D eigenvalue weighted by Gasteiger charge is -2.36. The first kappa shape index (κ1) is 26.4. The van der Waals surface area contributed by atoms with Gasteiger partial charge in [-0.3, -0.25) is 9.69 Å². The summed E-state index contributed by atoms with van der Waals surface area (Å²) in [6, 6.07) is 8.18. The van der Waals surface area contributed by atoms with Crippen molar-refractivity contribution in [1.29, 1.82) is 0 Å². The van der Waals surface area contributed by atoms with E-state index in [1.807, 2.05) is 12.1 Å². The van der Waals surface area contributed by atoms with E-state index < -0.39 is 10.0 Å². The number of carbonyl (C=O) groups is 1. The molecule has 2 aromatic rings. The van der Waals surface area contributed by atoms with Crippen LogP contribution < -0.4 is 15.0 Å². The second-order valence-corrected chi connectivity index (χ2v) is 11.4. The molecule has 0 radical (unpaired) electrons. The zero-order valence-corrected chi connectivity index (χ0v) is 22.2. The molecule has 1 aromatic heterocycles. The number of nitrogens with one attached hydrogen (secondary N) is 1. The molecule has 36 heavy (non-hydrogen) atoms. The summed E-state index contributed by atoms with van der Waals surface area (Å²) in [5.41, 5.74) is 1.59. The summed E-state index contributed by atoms with van der Waals surface area (Å²) in [6.45, 7) is 9.42. The highest BCUT2D eigenvalue weighted by molar-refractivity contribution is 7.89. The molecule has 11 heteroatoms. The third-order valence-electron chi connectivity index (χ3n) is 7.15. The predicted molar refractivity (Wildman–Crippen MR) is 137 cm³/mol. The third-order valence-corrected chi connectivity index (χ3v) is 9.29. The molecule has 0 aliphatic carbocycles. The Labute approximate surface area is 213 Å². The first-order valence-electron chi connectivity index (χ1n) is 12.6. The number of piperidine rings is 1. The lowest BCUT2D eigenvalue weighted by Crippen LogP contribution is -2.47. The normalized spacial score (nSPS) is 18.4. The first-order chi connectivity index (χ1) is 17.3. The van der Waals surface area contributed by atoms with Gasteiger partial charge in [-0.15, -0.1) is 0 Å². The van der Waals surface area contributed by atoms with Gasteiger partial charge in [0.2, 0.25) is 15.9 Å². The summed E-state index contributed by atoms with van der Waals surface area (Å²) in [5.74, 6) is 1.03. The van der Waals surface area contributed by atoms with Crippen LogP contribution in [0.25, 0.3) is 0 Å². The molecular weight excluding hydrogens is 482 g/mol. The molecule has 0 unspecified atom stereocenters. The highest BCUT2D eigenvalue weighted by Gasteiger charge is 2.35. The molecule has 1 aromatic carbocycles.